The standard InChI is InChI=1S/C8H15NO/c1-9-4-7-6(2-3-10)8(7)5-9/h6-8,10H,2-5H2,1H3/t6?,7-,8?/m0/s1. The van der Waals surface area contributed by atoms with Gasteiger partial charge < -0.3 is 10.0 Å². The molecule has 10 heavy (non-hydrogen) atoms. The van der Waals surface area contributed by atoms with Gasteiger partial charge in [0.05, 0.1) is 0 Å². The predicted molar refractivity (Wildman–Crippen MR) is 39.7 cm³/mol. The van der Waals surface area contributed by atoms with E-state index < -0.39 is 0 Å². The van der Waals surface area contributed by atoms with Crippen molar-refractivity contribution >= 4 is 0 Å². The second kappa shape index (κ2) is 2.21. The molecule has 2 aliphatic rings. The van der Waals surface area contributed by atoms with Gasteiger partial charge in [-0.2, -0.15) is 0 Å². The first-order valence-electron chi connectivity index (χ1n) is 4.12. The lowest BCUT2D eigenvalue weighted by atomic mass is 10.2. The molecule has 1 aliphatic heterocycles. The predicted octanol–water partition coefficient (Wildman–Crippen LogP) is 0.176. The van der Waals surface area contributed by atoms with E-state index in [1.165, 1.54) is 13.1 Å². The van der Waals surface area contributed by atoms with Gasteiger partial charge >= 0.3 is 0 Å². The zero-order chi connectivity index (χ0) is 7.14. The monoisotopic (exact) mass is 141 g/mol. The molecular formula is C8H15NO. The van der Waals surface area contributed by atoms with Crippen LogP contribution in [0.3, 0.4) is 0 Å². The summed E-state index contributed by atoms with van der Waals surface area (Å²) in [7, 11) is 2.18. The third-order valence-corrected chi connectivity index (χ3v) is 3.02. The Morgan fingerprint density at radius 2 is 2.00 bits per heavy atom. The Bertz CT molecular complexity index is 118. The molecule has 2 fully saturated rings. The number of fused-ring (bicyclic) bond motifs is 1. The quantitative estimate of drug-likeness (QED) is 0.593. The van der Waals surface area contributed by atoms with E-state index in [-0.39, 0.29) is 0 Å². The topological polar surface area (TPSA) is 23.5 Å². The summed E-state index contributed by atoms with van der Waals surface area (Å²) >= 11 is 0. The number of hydrogen-bond acceptors (Lipinski definition) is 2. The summed E-state index contributed by atoms with van der Waals surface area (Å²) in [5.74, 6) is 2.76. The van der Waals surface area contributed by atoms with E-state index in [0.717, 1.165) is 24.2 Å². The van der Waals surface area contributed by atoms with Gasteiger partial charge in [-0.15, -0.1) is 0 Å². The Kier molecular flexibility index (Phi) is 1.46. The van der Waals surface area contributed by atoms with Crippen LogP contribution in [0.25, 0.3) is 0 Å². The summed E-state index contributed by atoms with van der Waals surface area (Å²) in [5.41, 5.74) is 0. The number of aliphatic hydroxyl groups is 1. The Hall–Kier alpha value is -0.0800. The van der Waals surface area contributed by atoms with Gasteiger partial charge in [0.2, 0.25) is 0 Å². The Morgan fingerprint density at radius 1 is 1.40 bits per heavy atom. The molecule has 0 bridgehead atoms. The molecule has 0 spiro atoms. The summed E-state index contributed by atoms with van der Waals surface area (Å²) in [6, 6.07) is 0. The molecule has 0 amide bonds. The van der Waals surface area contributed by atoms with E-state index in [9.17, 15) is 0 Å². The third kappa shape index (κ3) is 0.867. The van der Waals surface area contributed by atoms with Crippen molar-refractivity contribution < 1.29 is 5.11 Å². The summed E-state index contributed by atoms with van der Waals surface area (Å²) in [6.07, 6.45) is 1.04. The van der Waals surface area contributed by atoms with Crippen molar-refractivity contribution in [3.63, 3.8) is 0 Å². The van der Waals surface area contributed by atoms with E-state index >= 15 is 0 Å². The lowest BCUT2D eigenvalue weighted by Gasteiger charge is -2.11. The number of hydrogen-bond donors (Lipinski definition) is 1. The normalized spacial score (nSPS) is 45.6. The van der Waals surface area contributed by atoms with Crippen LogP contribution in [0.2, 0.25) is 0 Å². The first-order valence-corrected chi connectivity index (χ1v) is 4.12. The van der Waals surface area contributed by atoms with E-state index in [1.54, 1.807) is 0 Å². The van der Waals surface area contributed by atoms with Crippen molar-refractivity contribution in [1.29, 1.82) is 0 Å². The fraction of sp³-hybridized carbons (Fsp3) is 1.00. The summed E-state index contributed by atoms with van der Waals surface area (Å²) in [4.78, 5) is 2.39. The SMILES string of the molecule is CN1CC2C(CCO)[C@@H]2C1. The van der Waals surface area contributed by atoms with Gasteiger partial charge in [0.25, 0.3) is 0 Å². The largest absolute Gasteiger partial charge is 0.396 e. The molecule has 0 aromatic heterocycles. The smallest absolute Gasteiger partial charge is 0.0433 e. The minimum atomic E-state index is 0.390. The van der Waals surface area contributed by atoms with Crippen LogP contribution in [0, 0.1) is 17.8 Å². The average Bonchev–Trinajstić information content (AvgIpc) is 2.43. The summed E-state index contributed by atoms with van der Waals surface area (Å²) < 4.78 is 0. The molecule has 1 heterocycles. The highest BCUT2D eigenvalue weighted by Gasteiger charge is 2.53. The maximum absolute atomic E-state index is 8.68. The first-order chi connectivity index (χ1) is 4.83. The second-order valence-electron chi connectivity index (χ2n) is 3.73. The van der Waals surface area contributed by atoms with Crippen molar-refractivity contribution in [3.05, 3.63) is 0 Å². The molecular weight excluding hydrogens is 126 g/mol. The minimum absolute atomic E-state index is 0.390. The molecule has 58 valence electrons. The molecule has 0 radical (unpaired) electrons. The van der Waals surface area contributed by atoms with Crippen LogP contribution < -0.4 is 0 Å². The van der Waals surface area contributed by atoms with Crippen molar-refractivity contribution in [1.82, 2.24) is 4.90 Å². The van der Waals surface area contributed by atoms with Crippen LogP contribution in [0.1, 0.15) is 6.42 Å². The highest BCUT2D eigenvalue weighted by atomic mass is 16.3. The van der Waals surface area contributed by atoms with Crippen molar-refractivity contribution in [2.24, 2.45) is 17.8 Å². The van der Waals surface area contributed by atoms with Crippen LogP contribution in [-0.4, -0.2) is 36.8 Å². The van der Waals surface area contributed by atoms with Crippen molar-refractivity contribution in [3.8, 4) is 0 Å². The first kappa shape index (κ1) is 6.62. The number of nitrogens with zero attached hydrogens (tertiary/aromatic N) is 1. The molecule has 1 saturated carbocycles. The van der Waals surface area contributed by atoms with Gasteiger partial charge in [-0.3, -0.25) is 0 Å². The third-order valence-electron chi connectivity index (χ3n) is 3.02. The molecule has 2 unspecified atom stereocenters. The molecule has 2 nitrogen and oxygen atoms in total. The van der Waals surface area contributed by atoms with Gasteiger partial charge in [-0.25, -0.2) is 0 Å². The van der Waals surface area contributed by atoms with Gasteiger partial charge in [0.1, 0.15) is 0 Å². The van der Waals surface area contributed by atoms with E-state index in [1.807, 2.05) is 0 Å². The average molecular weight is 141 g/mol. The van der Waals surface area contributed by atoms with Crippen molar-refractivity contribution in [2.45, 2.75) is 6.42 Å². The zero-order valence-electron chi connectivity index (χ0n) is 6.45. The molecule has 2 heteroatoms. The van der Waals surface area contributed by atoms with Gasteiger partial charge in [0, 0.05) is 19.7 Å². The van der Waals surface area contributed by atoms with E-state index in [4.69, 9.17) is 5.11 Å². The Labute approximate surface area is 61.8 Å². The number of likely N-dealkylation sites (tertiary alicyclic amines) is 1. The van der Waals surface area contributed by atoms with Crippen molar-refractivity contribution in [2.75, 3.05) is 26.7 Å². The zero-order valence-corrected chi connectivity index (χ0v) is 6.45. The van der Waals surface area contributed by atoms with Gasteiger partial charge in [-0.1, -0.05) is 0 Å². The van der Waals surface area contributed by atoms with Crippen LogP contribution in [0.4, 0.5) is 0 Å². The lowest BCUT2D eigenvalue weighted by Crippen LogP contribution is -2.19. The number of rotatable bonds is 2. The molecule has 1 N–H and O–H groups in total. The highest BCUT2D eigenvalue weighted by molar-refractivity contribution is 5.03. The van der Waals surface area contributed by atoms with E-state index in [2.05, 4.69) is 11.9 Å². The highest BCUT2D eigenvalue weighted by Crippen LogP contribution is 2.52. The second-order valence-corrected chi connectivity index (χ2v) is 3.73. The Morgan fingerprint density at radius 3 is 2.50 bits per heavy atom. The van der Waals surface area contributed by atoms with Crippen LogP contribution >= 0.6 is 0 Å². The molecule has 0 aromatic rings. The van der Waals surface area contributed by atoms with Crippen LogP contribution in [-0.2, 0) is 0 Å². The summed E-state index contributed by atoms with van der Waals surface area (Å²) in [5, 5.41) is 8.68. The van der Waals surface area contributed by atoms with Gasteiger partial charge in [0.15, 0.2) is 0 Å². The van der Waals surface area contributed by atoms with Crippen LogP contribution in [0.5, 0.6) is 0 Å². The number of piperidine rings is 1. The number of aliphatic hydroxyl groups excluding tert-OH is 1. The molecule has 1 saturated heterocycles. The fourth-order valence-corrected chi connectivity index (χ4v) is 2.44. The molecule has 0 aromatic carbocycles. The van der Waals surface area contributed by atoms with Gasteiger partial charge in [-0.05, 0) is 31.2 Å². The molecule has 2 rings (SSSR count). The molecule has 1 aliphatic carbocycles. The fourth-order valence-electron chi connectivity index (χ4n) is 2.44. The maximum atomic E-state index is 8.68. The maximum Gasteiger partial charge on any atom is 0.0433 e. The van der Waals surface area contributed by atoms with E-state index in [0.29, 0.717) is 6.61 Å². The lowest BCUT2D eigenvalue weighted by molar-refractivity contribution is 0.258. The van der Waals surface area contributed by atoms with Crippen LogP contribution in [0.15, 0.2) is 0 Å². The summed E-state index contributed by atoms with van der Waals surface area (Å²) in [6.45, 7) is 2.94. The molecule has 3 atom stereocenters. The Balaban J connectivity index is 1.81. The minimum Gasteiger partial charge on any atom is -0.396 e.